The topological polar surface area (TPSA) is 61.5 Å². The fourth-order valence-electron chi connectivity index (χ4n) is 1.25. The number of rotatable bonds is 5. The van der Waals surface area contributed by atoms with Gasteiger partial charge in [-0.05, 0) is 24.1 Å². The third kappa shape index (κ3) is 3.55. The van der Waals surface area contributed by atoms with Gasteiger partial charge in [-0.1, -0.05) is 19.1 Å². The molecule has 0 fully saturated rings. The monoisotopic (exact) mass is 223 g/mol. The molecule has 0 aliphatic carbocycles. The van der Waals surface area contributed by atoms with E-state index in [4.69, 9.17) is 10.5 Å². The lowest BCUT2D eigenvalue weighted by atomic mass is 10.1. The second kappa shape index (κ2) is 6.12. The van der Waals surface area contributed by atoms with Crippen LogP contribution < -0.4 is 10.5 Å². The molecule has 88 valence electrons. The molecule has 0 aliphatic rings. The standard InChI is InChI=1S/C12H17NO3/c1-3-11(13)9-4-6-10(7-5-9)16-8-12(14)15-2/h4-7,11H,3,8,13H2,1-2H3. The Kier molecular flexibility index (Phi) is 4.79. The highest BCUT2D eigenvalue weighted by Crippen LogP contribution is 2.18. The first-order chi connectivity index (χ1) is 7.67. The van der Waals surface area contributed by atoms with Crippen LogP contribution in [-0.2, 0) is 9.53 Å². The maximum Gasteiger partial charge on any atom is 0.343 e. The van der Waals surface area contributed by atoms with Gasteiger partial charge in [0.25, 0.3) is 0 Å². The molecule has 0 bridgehead atoms. The summed E-state index contributed by atoms with van der Waals surface area (Å²) in [6, 6.07) is 7.46. The highest BCUT2D eigenvalue weighted by molar-refractivity contribution is 5.70. The Labute approximate surface area is 95.3 Å². The Bertz CT molecular complexity index is 335. The van der Waals surface area contributed by atoms with Crippen LogP contribution >= 0.6 is 0 Å². The van der Waals surface area contributed by atoms with E-state index in [9.17, 15) is 4.79 Å². The molecule has 0 saturated heterocycles. The molecule has 0 amide bonds. The van der Waals surface area contributed by atoms with E-state index in [1.807, 2.05) is 19.1 Å². The molecule has 4 heteroatoms. The number of carbonyl (C=O) groups excluding carboxylic acids is 1. The van der Waals surface area contributed by atoms with Gasteiger partial charge in [-0.15, -0.1) is 0 Å². The Hall–Kier alpha value is -1.55. The van der Waals surface area contributed by atoms with Gasteiger partial charge in [-0.2, -0.15) is 0 Å². The third-order valence-corrected chi connectivity index (χ3v) is 2.33. The van der Waals surface area contributed by atoms with Gasteiger partial charge in [0.2, 0.25) is 0 Å². The predicted molar refractivity (Wildman–Crippen MR) is 61.2 cm³/mol. The highest BCUT2D eigenvalue weighted by Gasteiger charge is 2.04. The van der Waals surface area contributed by atoms with Crippen LogP contribution in [0, 0.1) is 0 Å². The van der Waals surface area contributed by atoms with E-state index in [0.717, 1.165) is 12.0 Å². The third-order valence-electron chi connectivity index (χ3n) is 2.33. The summed E-state index contributed by atoms with van der Waals surface area (Å²) in [6.45, 7) is 1.96. The van der Waals surface area contributed by atoms with Gasteiger partial charge in [0.15, 0.2) is 6.61 Å². The van der Waals surface area contributed by atoms with Crippen molar-refractivity contribution >= 4 is 5.97 Å². The summed E-state index contributed by atoms with van der Waals surface area (Å²) >= 11 is 0. The molecule has 4 nitrogen and oxygen atoms in total. The van der Waals surface area contributed by atoms with Crippen LogP contribution in [0.4, 0.5) is 0 Å². The maximum absolute atomic E-state index is 10.8. The van der Waals surface area contributed by atoms with Crippen molar-refractivity contribution in [1.82, 2.24) is 0 Å². The molecule has 1 atom stereocenters. The summed E-state index contributed by atoms with van der Waals surface area (Å²) in [5, 5.41) is 0. The molecule has 0 aliphatic heterocycles. The van der Waals surface area contributed by atoms with Crippen molar-refractivity contribution < 1.29 is 14.3 Å². The quantitative estimate of drug-likeness (QED) is 0.771. The van der Waals surface area contributed by atoms with Crippen LogP contribution in [-0.4, -0.2) is 19.7 Å². The SMILES string of the molecule is CCC(N)c1ccc(OCC(=O)OC)cc1. The Balaban J connectivity index is 2.54. The van der Waals surface area contributed by atoms with Gasteiger partial charge >= 0.3 is 5.97 Å². The molecule has 0 saturated carbocycles. The zero-order valence-electron chi connectivity index (χ0n) is 9.60. The number of benzene rings is 1. The van der Waals surface area contributed by atoms with Crippen molar-refractivity contribution in [3.05, 3.63) is 29.8 Å². The lowest BCUT2D eigenvalue weighted by Gasteiger charge is -2.10. The lowest BCUT2D eigenvalue weighted by Crippen LogP contribution is -2.12. The average Bonchev–Trinajstić information content (AvgIpc) is 2.35. The molecule has 1 unspecified atom stereocenters. The Morgan fingerprint density at radius 3 is 2.50 bits per heavy atom. The minimum absolute atomic E-state index is 0.0506. The van der Waals surface area contributed by atoms with Crippen molar-refractivity contribution in [2.24, 2.45) is 5.73 Å². The second-order valence-electron chi connectivity index (χ2n) is 3.45. The van der Waals surface area contributed by atoms with Gasteiger partial charge in [0.05, 0.1) is 7.11 Å². The largest absolute Gasteiger partial charge is 0.482 e. The number of carbonyl (C=O) groups is 1. The molecule has 0 radical (unpaired) electrons. The number of methoxy groups -OCH3 is 1. The van der Waals surface area contributed by atoms with Crippen molar-refractivity contribution in [3.8, 4) is 5.75 Å². The van der Waals surface area contributed by atoms with Crippen molar-refractivity contribution in [2.75, 3.05) is 13.7 Å². The molecule has 16 heavy (non-hydrogen) atoms. The maximum atomic E-state index is 10.8. The van der Waals surface area contributed by atoms with Gasteiger partial charge in [0.1, 0.15) is 5.75 Å². The molecule has 1 rings (SSSR count). The zero-order chi connectivity index (χ0) is 12.0. The van der Waals surface area contributed by atoms with Gasteiger partial charge < -0.3 is 15.2 Å². The number of hydrogen-bond acceptors (Lipinski definition) is 4. The summed E-state index contributed by atoms with van der Waals surface area (Å²) in [5.74, 6) is 0.242. The molecule has 1 aromatic rings. The van der Waals surface area contributed by atoms with E-state index in [0.29, 0.717) is 5.75 Å². The van der Waals surface area contributed by atoms with Crippen LogP contribution in [0.2, 0.25) is 0 Å². The zero-order valence-corrected chi connectivity index (χ0v) is 9.60. The molecule has 2 N–H and O–H groups in total. The first-order valence-corrected chi connectivity index (χ1v) is 5.22. The first-order valence-electron chi connectivity index (χ1n) is 5.22. The smallest absolute Gasteiger partial charge is 0.343 e. The van der Waals surface area contributed by atoms with E-state index in [-0.39, 0.29) is 12.6 Å². The number of hydrogen-bond donors (Lipinski definition) is 1. The second-order valence-corrected chi connectivity index (χ2v) is 3.45. The van der Waals surface area contributed by atoms with Crippen molar-refractivity contribution in [2.45, 2.75) is 19.4 Å². The molecule has 1 aromatic carbocycles. The van der Waals surface area contributed by atoms with Crippen LogP contribution in [0.15, 0.2) is 24.3 Å². The number of ether oxygens (including phenoxy) is 2. The first kappa shape index (κ1) is 12.5. The fourth-order valence-corrected chi connectivity index (χ4v) is 1.25. The molecule has 0 spiro atoms. The average molecular weight is 223 g/mol. The number of esters is 1. The van der Waals surface area contributed by atoms with E-state index >= 15 is 0 Å². The van der Waals surface area contributed by atoms with Gasteiger partial charge in [-0.25, -0.2) is 4.79 Å². The Morgan fingerprint density at radius 2 is 2.00 bits per heavy atom. The van der Waals surface area contributed by atoms with Crippen LogP contribution in [0.1, 0.15) is 24.9 Å². The number of nitrogens with two attached hydrogens (primary N) is 1. The van der Waals surface area contributed by atoms with Gasteiger partial charge in [-0.3, -0.25) is 0 Å². The van der Waals surface area contributed by atoms with Crippen molar-refractivity contribution in [3.63, 3.8) is 0 Å². The molecular weight excluding hydrogens is 206 g/mol. The predicted octanol–water partition coefficient (Wildman–Crippen LogP) is 1.65. The molecule has 0 heterocycles. The normalized spacial score (nSPS) is 11.9. The minimum atomic E-state index is -0.394. The van der Waals surface area contributed by atoms with E-state index < -0.39 is 5.97 Å². The molecule has 0 aromatic heterocycles. The van der Waals surface area contributed by atoms with Crippen LogP contribution in [0.5, 0.6) is 5.75 Å². The van der Waals surface area contributed by atoms with Gasteiger partial charge in [0, 0.05) is 6.04 Å². The lowest BCUT2D eigenvalue weighted by molar-refractivity contribution is -0.142. The summed E-state index contributed by atoms with van der Waals surface area (Å²) in [5.41, 5.74) is 6.94. The van der Waals surface area contributed by atoms with Crippen LogP contribution in [0.3, 0.4) is 0 Å². The molecular formula is C12H17NO3. The van der Waals surface area contributed by atoms with E-state index in [1.54, 1.807) is 12.1 Å². The van der Waals surface area contributed by atoms with Crippen molar-refractivity contribution in [1.29, 1.82) is 0 Å². The summed E-state index contributed by atoms with van der Waals surface area (Å²) in [6.07, 6.45) is 0.891. The summed E-state index contributed by atoms with van der Waals surface area (Å²) < 4.78 is 9.68. The fraction of sp³-hybridized carbons (Fsp3) is 0.417. The minimum Gasteiger partial charge on any atom is -0.482 e. The van der Waals surface area contributed by atoms with E-state index in [1.165, 1.54) is 7.11 Å². The van der Waals surface area contributed by atoms with E-state index in [2.05, 4.69) is 4.74 Å². The van der Waals surface area contributed by atoms with Crippen LogP contribution in [0.25, 0.3) is 0 Å². The Morgan fingerprint density at radius 1 is 1.38 bits per heavy atom. The highest BCUT2D eigenvalue weighted by atomic mass is 16.6. The summed E-state index contributed by atoms with van der Waals surface area (Å²) in [4.78, 5) is 10.8. The summed E-state index contributed by atoms with van der Waals surface area (Å²) in [7, 11) is 1.33.